The van der Waals surface area contributed by atoms with Crippen LogP contribution >= 0.6 is 34.8 Å². The number of hydrogen-bond donors (Lipinski definition) is 0. The third-order valence-corrected chi connectivity index (χ3v) is 7.86. The minimum absolute atomic E-state index is 0.00281. The maximum absolute atomic E-state index is 13.7. The molecule has 2 heterocycles. The Bertz CT molecular complexity index is 1240. The van der Waals surface area contributed by atoms with Crippen molar-refractivity contribution < 1.29 is 13.6 Å². The number of aromatic nitrogens is 1. The Morgan fingerprint density at radius 3 is 2.38 bits per heavy atom. The number of halogens is 5. The molecule has 1 aromatic heterocycles. The Morgan fingerprint density at radius 2 is 1.68 bits per heavy atom. The number of benzene rings is 2. The van der Waals surface area contributed by atoms with Crippen molar-refractivity contribution in [1.29, 1.82) is 0 Å². The van der Waals surface area contributed by atoms with Gasteiger partial charge in [0.1, 0.15) is 0 Å². The number of amides is 1. The average molecular weight is 522 g/mol. The molecule has 1 amide bonds. The van der Waals surface area contributed by atoms with Gasteiger partial charge in [0.25, 0.3) is 0 Å². The highest BCUT2D eigenvalue weighted by atomic mass is 35.5. The second kappa shape index (κ2) is 9.44. The molecule has 2 aromatic carbocycles. The van der Waals surface area contributed by atoms with E-state index in [0.29, 0.717) is 33.6 Å². The second-order valence-corrected chi connectivity index (χ2v) is 10.3. The smallest absolute Gasteiger partial charge is 0.226 e. The summed E-state index contributed by atoms with van der Waals surface area (Å²) >= 11 is 18.8. The van der Waals surface area contributed by atoms with E-state index in [0.717, 1.165) is 29.8 Å². The predicted octanol–water partition coefficient (Wildman–Crippen LogP) is 7.26. The molecule has 0 N–H and O–H groups in total. The van der Waals surface area contributed by atoms with E-state index < -0.39 is 11.6 Å². The van der Waals surface area contributed by atoms with Crippen molar-refractivity contribution >= 4 is 40.7 Å². The minimum atomic E-state index is -0.915. The van der Waals surface area contributed by atoms with Crippen molar-refractivity contribution in [3.63, 3.8) is 0 Å². The first-order chi connectivity index (χ1) is 16.3. The van der Waals surface area contributed by atoms with Crippen molar-refractivity contribution in [2.24, 2.45) is 11.8 Å². The number of carbonyl (C=O) groups excluding carboxylic acids is 1. The van der Waals surface area contributed by atoms with Crippen LogP contribution in [0.2, 0.25) is 15.1 Å². The van der Waals surface area contributed by atoms with E-state index in [1.54, 1.807) is 17.2 Å². The molecule has 34 heavy (non-hydrogen) atoms. The molecule has 0 bridgehead atoms. The highest BCUT2D eigenvalue weighted by Gasteiger charge is 2.50. The monoisotopic (exact) mass is 520 g/mol. The molecule has 0 unspecified atom stereocenters. The van der Waals surface area contributed by atoms with Crippen LogP contribution in [-0.2, 0) is 11.3 Å². The Hall–Kier alpha value is -2.21. The molecule has 4 atom stereocenters. The summed E-state index contributed by atoms with van der Waals surface area (Å²) in [6.07, 6.45) is 3.10. The summed E-state index contributed by atoms with van der Waals surface area (Å²) in [5.74, 6) is -1.96. The van der Waals surface area contributed by atoms with Gasteiger partial charge >= 0.3 is 0 Å². The Labute approximate surface area is 211 Å². The first-order valence-electron chi connectivity index (χ1n) is 11.1. The second-order valence-electron chi connectivity index (χ2n) is 9.01. The van der Waals surface area contributed by atoms with Crippen LogP contribution in [0.5, 0.6) is 0 Å². The normalized spacial score (nSPS) is 24.4. The molecule has 1 aliphatic carbocycles. The molecular weight excluding hydrogens is 501 g/mol. The lowest BCUT2D eigenvalue weighted by atomic mass is 9.64. The Kier molecular flexibility index (Phi) is 6.54. The van der Waals surface area contributed by atoms with Gasteiger partial charge in [-0.2, -0.15) is 0 Å². The van der Waals surface area contributed by atoms with E-state index in [-0.39, 0.29) is 36.1 Å². The van der Waals surface area contributed by atoms with Gasteiger partial charge in [0.15, 0.2) is 11.6 Å². The lowest BCUT2D eigenvalue weighted by Crippen LogP contribution is -2.33. The van der Waals surface area contributed by atoms with Gasteiger partial charge in [0.05, 0.1) is 5.02 Å². The van der Waals surface area contributed by atoms with Crippen LogP contribution in [-0.4, -0.2) is 22.3 Å². The number of fused-ring (bicyclic) bond motifs is 1. The van der Waals surface area contributed by atoms with Gasteiger partial charge in [-0.05, 0) is 72.2 Å². The predicted molar refractivity (Wildman–Crippen MR) is 129 cm³/mol. The fraction of sp³-hybridized carbons (Fsp3) is 0.308. The van der Waals surface area contributed by atoms with Crippen LogP contribution in [0, 0.1) is 23.5 Å². The van der Waals surface area contributed by atoms with E-state index in [9.17, 15) is 13.6 Å². The van der Waals surface area contributed by atoms with Gasteiger partial charge in [-0.3, -0.25) is 9.78 Å². The van der Waals surface area contributed by atoms with Gasteiger partial charge in [-0.25, -0.2) is 8.78 Å². The van der Waals surface area contributed by atoms with Gasteiger partial charge < -0.3 is 4.90 Å². The summed E-state index contributed by atoms with van der Waals surface area (Å²) in [5.41, 5.74) is 2.40. The molecule has 0 spiro atoms. The Balaban J connectivity index is 1.50. The summed E-state index contributed by atoms with van der Waals surface area (Å²) < 4.78 is 27.1. The summed E-state index contributed by atoms with van der Waals surface area (Å²) in [5, 5.41) is 1.70. The number of hydrogen-bond acceptors (Lipinski definition) is 2. The number of likely N-dealkylation sites (tertiary alicyclic amines) is 1. The van der Waals surface area contributed by atoms with Crippen LogP contribution in [0.4, 0.5) is 8.78 Å². The highest BCUT2D eigenvalue weighted by Crippen LogP contribution is 2.53. The molecule has 176 valence electrons. The number of rotatable bonds is 4. The standard InChI is InChI=1S/C26H21Cl3F2N2O/c27-15-2-4-17(21(29)10-15)18-5-6-19-20(25(18)24-8-3-16(28)11-32-24)13-33(26(19)34)12-14-1-7-22(30)23(31)9-14/h1-4,7-11,18-20,25H,5-6,12-13H2/t18-,19+,20+,25-/m0/s1. The van der Waals surface area contributed by atoms with Crippen molar-refractivity contribution in [3.05, 3.63) is 98.3 Å². The molecule has 1 aliphatic heterocycles. The number of nitrogens with zero attached hydrogens (tertiary/aromatic N) is 2. The van der Waals surface area contributed by atoms with E-state index in [4.69, 9.17) is 34.8 Å². The van der Waals surface area contributed by atoms with Gasteiger partial charge in [0.2, 0.25) is 5.91 Å². The molecule has 1 saturated carbocycles. The zero-order chi connectivity index (χ0) is 24.0. The highest BCUT2D eigenvalue weighted by molar-refractivity contribution is 6.35. The molecule has 8 heteroatoms. The van der Waals surface area contributed by atoms with Gasteiger partial charge in [-0.1, -0.05) is 46.9 Å². The van der Waals surface area contributed by atoms with Crippen LogP contribution in [0.3, 0.4) is 0 Å². The molecule has 1 saturated heterocycles. The first-order valence-corrected chi connectivity index (χ1v) is 12.2. The summed E-state index contributed by atoms with van der Waals surface area (Å²) in [6.45, 7) is 0.731. The zero-order valence-corrected chi connectivity index (χ0v) is 20.3. The quantitative estimate of drug-likeness (QED) is 0.362. The largest absolute Gasteiger partial charge is 0.338 e. The number of pyridine rings is 1. The third kappa shape index (κ3) is 4.41. The van der Waals surface area contributed by atoms with Crippen molar-refractivity contribution in [2.75, 3.05) is 6.54 Å². The van der Waals surface area contributed by atoms with Crippen LogP contribution in [0.1, 0.15) is 41.5 Å². The summed E-state index contributed by atoms with van der Waals surface area (Å²) in [7, 11) is 0. The van der Waals surface area contributed by atoms with Crippen molar-refractivity contribution in [2.45, 2.75) is 31.2 Å². The molecular formula is C26H21Cl3F2N2O. The third-order valence-electron chi connectivity index (χ3n) is 7.07. The maximum atomic E-state index is 13.7. The average Bonchev–Trinajstić information content (AvgIpc) is 3.12. The Morgan fingerprint density at radius 1 is 0.912 bits per heavy atom. The lowest BCUT2D eigenvalue weighted by Gasteiger charge is -2.39. The lowest BCUT2D eigenvalue weighted by molar-refractivity contribution is -0.132. The van der Waals surface area contributed by atoms with Gasteiger partial charge in [-0.15, -0.1) is 0 Å². The van der Waals surface area contributed by atoms with Crippen molar-refractivity contribution in [1.82, 2.24) is 9.88 Å². The summed E-state index contributed by atoms with van der Waals surface area (Å²) in [4.78, 5) is 19.7. The van der Waals surface area contributed by atoms with Crippen molar-refractivity contribution in [3.8, 4) is 0 Å². The van der Waals surface area contributed by atoms with Crippen LogP contribution in [0.15, 0.2) is 54.7 Å². The fourth-order valence-electron chi connectivity index (χ4n) is 5.59. The minimum Gasteiger partial charge on any atom is -0.338 e. The molecule has 5 rings (SSSR count). The fourth-order valence-corrected chi connectivity index (χ4v) is 6.25. The van der Waals surface area contributed by atoms with Crippen LogP contribution < -0.4 is 0 Å². The molecule has 2 fully saturated rings. The van der Waals surface area contributed by atoms with E-state index in [2.05, 4.69) is 4.98 Å². The molecule has 3 aromatic rings. The maximum Gasteiger partial charge on any atom is 0.226 e. The van der Waals surface area contributed by atoms with Crippen LogP contribution in [0.25, 0.3) is 0 Å². The van der Waals surface area contributed by atoms with E-state index in [1.807, 2.05) is 24.3 Å². The summed E-state index contributed by atoms with van der Waals surface area (Å²) in [6, 6.07) is 13.0. The molecule has 0 radical (unpaired) electrons. The molecule has 3 nitrogen and oxygen atoms in total. The van der Waals surface area contributed by atoms with E-state index >= 15 is 0 Å². The topological polar surface area (TPSA) is 33.2 Å². The molecule has 2 aliphatic rings. The van der Waals surface area contributed by atoms with E-state index in [1.165, 1.54) is 6.07 Å². The zero-order valence-electron chi connectivity index (χ0n) is 18.0. The first kappa shape index (κ1) is 23.5. The van der Waals surface area contributed by atoms with Gasteiger partial charge in [0, 0.05) is 46.9 Å². The SMILES string of the molecule is O=C1[C@@H]2CC[C@@H](c3ccc(Cl)cc3Cl)[C@H](c3ccc(Cl)cn3)[C@@H]2CN1Cc1ccc(F)c(F)c1. The number of carbonyl (C=O) groups is 1.